The Hall–Kier alpha value is -1.53. The molecular formula is C16H24N2O. The van der Waals surface area contributed by atoms with Crippen molar-refractivity contribution in [3.63, 3.8) is 0 Å². The molecular weight excluding hydrogens is 236 g/mol. The summed E-state index contributed by atoms with van der Waals surface area (Å²) in [5, 5.41) is 12.4. The minimum atomic E-state index is 0.0699. The summed E-state index contributed by atoms with van der Waals surface area (Å²) in [6.07, 6.45) is 0. The summed E-state index contributed by atoms with van der Waals surface area (Å²) in [4.78, 5) is 0. The first-order valence-electron chi connectivity index (χ1n) is 6.74. The molecule has 0 radical (unpaired) electrons. The number of nitrogens with zero attached hydrogens (tertiary/aromatic N) is 1. The van der Waals surface area contributed by atoms with E-state index >= 15 is 0 Å². The molecule has 1 N–H and O–H groups in total. The highest BCUT2D eigenvalue weighted by Gasteiger charge is 2.11. The van der Waals surface area contributed by atoms with E-state index in [2.05, 4.69) is 51.2 Å². The normalized spacial score (nSPS) is 12.3. The Kier molecular flexibility index (Phi) is 5.85. The van der Waals surface area contributed by atoms with E-state index in [1.54, 1.807) is 7.11 Å². The number of nitrogens with one attached hydrogen (secondary N) is 1. The molecule has 0 saturated carbocycles. The Morgan fingerprint density at radius 1 is 1.26 bits per heavy atom. The molecule has 0 bridgehead atoms. The van der Waals surface area contributed by atoms with Crippen molar-refractivity contribution >= 4 is 0 Å². The fourth-order valence-electron chi connectivity index (χ4n) is 2.27. The average Bonchev–Trinajstić information content (AvgIpc) is 2.34. The lowest BCUT2D eigenvalue weighted by Crippen LogP contribution is -2.24. The van der Waals surface area contributed by atoms with Crippen LogP contribution in [0.2, 0.25) is 0 Å². The van der Waals surface area contributed by atoms with Gasteiger partial charge in [0.25, 0.3) is 0 Å². The van der Waals surface area contributed by atoms with Crippen molar-refractivity contribution in [1.29, 1.82) is 5.26 Å². The van der Waals surface area contributed by atoms with Crippen LogP contribution in [0.1, 0.15) is 30.5 Å². The van der Waals surface area contributed by atoms with E-state index in [0.29, 0.717) is 5.92 Å². The highest BCUT2D eigenvalue weighted by atomic mass is 16.5. The van der Waals surface area contributed by atoms with Crippen LogP contribution in [0.15, 0.2) is 12.1 Å². The lowest BCUT2D eigenvalue weighted by atomic mass is 9.97. The Bertz CT molecular complexity index is 437. The maximum Gasteiger partial charge on any atom is 0.124 e. The molecule has 1 atom stereocenters. The van der Waals surface area contributed by atoms with Crippen LogP contribution in [0, 0.1) is 37.0 Å². The van der Waals surface area contributed by atoms with Crippen molar-refractivity contribution in [2.24, 2.45) is 11.8 Å². The summed E-state index contributed by atoms with van der Waals surface area (Å²) in [6, 6.07) is 6.62. The van der Waals surface area contributed by atoms with Gasteiger partial charge >= 0.3 is 0 Å². The van der Waals surface area contributed by atoms with Gasteiger partial charge in [-0.1, -0.05) is 26.0 Å². The van der Waals surface area contributed by atoms with Gasteiger partial charge in [-0.15, -0.1) is 0 Å². The Morgan fingerprint density at radius 3 is 2.26 bits per heavy atom. The van der Waals surface area contributed by atoms with Gasteiger partial charge in [0.05, 0.1) is 19.1 Å². The largest absolute Gasteiger partial charge is 0.496 e. The second-order valence-corrected chi connectivity index (χ2v) is 5.37. The molecule has 1 aromatic rings. The third-order valence-corrected chi connectivity index (χ3v) is 3.39. The Morgan fingerprint density at radius 2 is 1.84 bits per heavy atom. The minimum absolute atomic E-state index is 0.0699. The molecule has 0 saturated heterocycles. The molecule has 0 aliphatic carbocycles. The second kappa shape index (κ2) is 7.16. The van der Waals surface area contributed by atoms with Gasteiger partial charge in [-0.3, -0.25) is 0 Å². The molecule has 1 rings (SSSR count). The topological polar surface area (TPSA) is 45.0 Å². The maximum absolute atomic E-state index is 9.04. The zero-order valence-corrected chi connectivity index (χ0v) is 12.6. The van der Waals surface area contributed by atoms with Gasteiger partial charge in [0.2, 0.25) is 0 Å². The maximum atomic E-state index is 9.04. The molecule has 1 aromatic carbocycles. The highest BCUT2D eigenvalue weighted by molar-refractivity contribution is 5.43. The van der Waals surface area contributed by atoms with E-state index in [4.69, 9.17) is 10.00 Å². The molecule has 3 nitrogen and oxygen atoms in total. The van der Waals surface area contributed by atoms with Gasteiger partial charge in [-0.25, -0.2) is 0 Å². The zero-order chi connectivity index (χ0) is 14.4. The van der Waals surface area contributed by atoms with Crippen LogP contribution < -0.4 is 10.1 Å². The predicted octanol–water partition coefficient (Wildman–Crippen LogP) is 3.20. The number of hydrogen-bond acceptors (Lipinski definition) is 3. The Labute approximate surface area is 116 Å². The third-order valence-electron chi connectivity index (χ3n) is 3.39. The summed E-state index contributed by atoms with van der Waals surface area (Å²) in [5.41, 5.74) is 3.54. The van der Waals surface area contributed by atoms with E-state index < -0.39 is 0 Å². The van der Waals surface area contributed by atoms with Crippen LogP contribution in [0.5, 0.6) is 5.75 Å². The molecule has 0 aliphatic rings. The Balaban J connectivity index is 2.62. The number of hydrogen-bond donors (Lipinski definition) is 1. The number of nitriles is 1. The SMILES string of the molecule is COc1c(C)cc(CNCC(C#N)C(C)C)cc1C. The summed E-state index contributed by atoms with van der Waals surface area (Å²) in [6.45, 7) is 9.80. The average molecular weight is 260 g/mol. The molecule has 0 amide bonds. The standard InChI is InChI=1S/C16H24N2O/c1-11(2)15(8-17)10-18-9-14-6-12(3)16(19-5)13(4)7-14/h6-7,11,15,18H,9-10H2,1-5H3. The summed E-state index contributed by atoms with van der Waals surface area (Å²) in [5.74, 6) is 1.41. The van der Waals surface area contributed by atoms with Crippen molar-refractivity contribution < 1.29 is 4.74 Å². The fourth-order valence-corrected chi connectivity index (χ4v) is 2.27. The van der Waals surface area contributed by atoms with Gasteiger partial charge in [-0.2, -0.15) is 5.26 Å². The zero-order valence-electron chi connectivity index (χ0n) is 12.6. The van der Waals surface area contributed by atoms with Crippen molar-refractivity contribution in [2.45, 2.75) is 34.2 Å². The first-order valence-corrected chi connectivity index (χ1v) is 6.74. The third kappa shape index (κ3) is 4.25. The molecule has 0 spiro atoms. The van der Waals surface area contributed by atoms with Crippen molar-refractivity contribution in [3.05, 3.63) is 28.8 Å². The molecule has 104 valence electrons. The number of ether oxygens (including phenoxy) is 1. The lowest BCUT2D eigenvalue weighted by molar-refractivity contribution is 0.408. The molecule has 3 heteroatoms. The summed E-state index contributed by atoms with van der Waals surface area (Å²) >= 11 is 0. The van der Waals surface area contributed by atoms with Crippen LogP contribution in [-0.4, -0.2) is 13.7 Å². The fraction of sp³-hybridized carbons (Fsp3) is 0.562. The molecule has 0 heterocycles. The predicted molar refractivity (Wildman–Crippen MR) is 78.1 cm³/mol. The number of methoxy groups -OCH3 is 1. The highest BCUT2D eigenvalue weighted by Crippen LogP contribution is 2.24. The molecule has 1 unspecified atom stereocenters. The summed E-state index contributed by atoms with van der Waals surface area (Å²) in [7, 11) is 1.70. The van der Waals surface area contributed by atoms with E-state index in [1.165, 1.54) is 5.56 Å². The van der Waals surface area contributed by atoms with Gasteiger partial charge in [-0.05, 0) is 36.5 Å². The lowest BCUT2D eigenvalue weighted by Gasteiger charge is -2.15. The monoisotopic (exact) mass is 260 g/mol. The smallest absolute Gasteiger partial charge is 0.124 e. The number of rotatable bonds is 6. The first kappa shape index (κ1) is 15.5. The number of aryl methyl sites for hydroxylation is 2. The van der Waals surface area contributed by atoms with Crippen LogP contribution in [0.25, 0.3) is 0 Å². The molecule has 0 aliphatic heterocycles. The number of benzene rings is 1. The van der Waals surface area contributed by atoms with E-state index in [9.17, 15) is 0 Å². The second-order valence-electron chi connectivity index (χ2n) is 5.37. The van der Waals surface area contributed by atoms with Crippen LogP contribution in [-0.2, 0) is 6.54 Å². The first-order chi connectivity index (χ1) is 8.99. The van der Waals surface area contributed by atoms with Gasteiger partial charge in [0.1, 0.15) is 5.75 Å². The van der Waals surface area contributed by atoms with Crippen LogP contribution >= 0.6 is 0 Å². The van der Waals surface area contributed by atoms with Gasteiger partial charge < -0.3 is 10.1 Å². The van der Waals surface area contributed by atoms with Crippen molar-refractivity contribution in [2.75, 3.05) is 13.7 Å². The molecule has 0 aromatic heterocycles. The van der Waals surface area contributed by atoms with Crippen molar-refractivity contribution in [1.82, 2.24) is 5.32 Å². The minimum Gasteiger partial charge on any atom is -0.496 e. The van der Waals surface area contributed by atoms with E-state index in [-0.39, 0.29) is 5.92 Å². The van der Waals surface area contributed by atoms with Crippen LogP contribution in [0.3, 0.4) is 0 Å². The van der Waals surface area contributed by atoms with Crippen LogP contribution in [0.4, 0.5) is 0 Å². The van der Waals surface area contributed by atoms with E-state index in [1.807, 2.05) is 0 Å². The van der Waals surface area contributed by atoms with Gasteiger partial charge in [0.15, 0.2) is 0 Å². The quantitative estimate of drug-likeness (QED) is 0.854. The van der Waals surface area contributed by atoms with Crippen molar-refractivity contribution in [3.8, 4) is 11.8 Å². The van der Waals surface area contributed by atoms with E-state index in [0.717, 1.165) is 30.0 Å². The van der Waals surface area contributed by atoms with Gasteiger partial charge in [0, 0.05) is 13.1 Å². The molecule has 19 heavy (non-hydrogen) atoms. The summed E-state index contributed by atoms with van der Waals surface area (Å²) < 4.78 is 5.36. The molecule has 0 fully saturated rings.